The fourth-order valence-corrected chi connectivity index (χ4v) is 1.52. The molecule has 0 saturated heterocycles. The second-order valence-electron chi connectivity index (χ2n) is 4.05. The zero-order valence-corrected chi connectivity index (χ0v) is 10.4. The standard InChI is InChI=1S/C11H18N4O3/c1-3-4-9(10(16)17)15-11(18)14-7(2)8-5-12-13-6-8/h5-7,9H,3-4H2,1-2H3,(H,12,13)(H,16,17)(H2,14,15,18)/t7?,9-/m1/s1. The molecule has 1 rings (SSSR count). The third-order valence-corrected chi connectivity index (χ3v) is 2.55. The van der Waals surface area contributed by atoms with Gasteiger partial charge in [-0.05, 0) is 13.3 Å². The van der Waals surface area contributed by atoms with Crippen LogP contribution < -0.4 is 10.6 Å². The second kappa shape index (κ2) is 6.63. The number of aromatic amines is 1. The van der Waals surface area contributed by atoms with Crippen LogP contribution in [-0.2, 0) is 4.79 Å². The van der Waals surface area contributed by atoms with Gasteiger partial charge in [-0.1, -0.05) is 13.3 Å². The van der Waals surface area contributed by atoms with Crippen LogP contribution in [0.2, 0.25) is 0 Å². The Hall–Kier alpha value is -2.05. The summed E-state index contributed by atoms with van der Waals surface area (Å²) in [5, 5.41) is 20.4. The number of urea groups is 1. The summed E-state index contributed by atoms with van der Waals surface area (Å²) in [6.07, 6.45) is 4.37. The third kappa shape index (κ3) is 4.08. The first-order valence-electron chi connectivity index (χ1n) is 5.83. The Bertz CT molecular complexity index is 391. The number of carbonyl (C=O) groups excluding carboxylic acids is 1. The van der Waals surface area contributed by atoms with Crippen LogP contribution in [0, 0.1) is 0 Å². The molecular formula is C11H18N4O3. The van der Waals surface area contributed by atoms with E-state index in [2.05, 4.69) is 20.8 Å². The molecule has 7 nitrogen and oxygen atoms in total. The van der Waals surface area contributed by atoms with Gasteiger partial charge in [-0.25, -0.2) is 9.59 Å². The number of carboxylic acid groups (broad SMARTS) is 1. The maximum absolute atomic E-state index is 11.6. The Labute approximate surface area is 105 Å². The van der Waals surface area contributed by atoms with Gasteiger partial charge in [0.15, 0.2) is 0 Å². The van der Waals surface area contributed by atoms with Crippen LogP contribution in [0.4, 0.5) is 4.79 Å². The highest BCUT2D eigenvalue weighted by atomic mass is 16.4. The van der Waals surface area contributed by atoms with Crippen molar-refractivity contribution >= 4 is 12.0 Å². The van der Waals surface area contributed by atoms with Crippen LogP contribution in [-0.4, -0.2) is 33.3 Å². The highest BCUT2D eigenvalue weighted by Crippen LogP contribution is 2.08. The summed E-state index contributed by atoms with van der Waals surface area (Å²) >= 11 is 0. The topological polar surface area (TPSA) is 107 Å². The van der Waals surface area contributed by atoms with Crippen molar-refractivity contribution < 1.29 is 14.7 Å². The minimum absolute atomic E-state index is 0.236. The monoisotopic (exact) mass is 254 g/mol. The van der Waals surface area contributed by atoms with Crippen molar-refractivity contribution in [2.24, 2.45) is 0 Å². The number of aromatic nitrogens is 2. The van der Waals surface area contributed by atoms with Crippen LogP contribution in [0.1, 0.15) is 38.3 Å². The summed E-state index contributed by atoms with van der Waals surface area (Å²) in [7, 11) is 0. The molecule has 0 radical (unpaired) electrons. The van der Waals surface area contributed by atoms with E-state index in [9.17, 15) is 9.59 Å². The number of carboxylic acids is 1. The van der Waals surface area contributed by atoms with Crippen molar-refractivity contribution in [2.45, 2.75) is 38.8 Å². The largest absolute Gasteiger partial charge is 0.480 e. The van der Waals surface area contributed by atoms with E-state index < -0.39 is 18.0 Å². The van der Waals surface area contributed by atoms with Crippen LogP contribution in [0.25, 0.3) is 0 Å². The number of carbonyl (C=O) groups is 2. The maximum Gasteiger partial charge on any atom is 0.326 e. The maximum atomic E-state index is 11.6. The average molecular weight is 254 g/mol. The van der Waals surface area contributed by atoms with E-state index in [-0.39, 0.29) is 6.04 Å². The number of nitrogens with one attached hydrogen (secondary N) is 3. The van der Waals surface area contributed by atoms with Gasteiger partial charge in [0.2, 0.25) is 0 Å². The average Bonchev–Trinajstić information content (AvgIpc) is 2.81. The van der Waals surface area contributed by atoms with E-state index in [1.165, 1.54) is 0 Å². The molecule has 2 amide bonds. The van der Waals surface area contributed by atoms with Gasteiger partial charge in [-0.2, -0.15) is 5.10 Å². The minimum Gasteiger partial charge on any atom is -0.480 e. The molecule has 1 unspecified atom stereocenters. The number of amides is 2. The normalized spacial score (nSPS) is 13.7. The van der Waals surface area contributed by atoms with E-state index in [4.69, 9.17) is 5.11 Å². The lowest BCUT2D eigenvalue weighted by Gasteiger charge is -2.17. The molecule has 1 heterocycles. The van der Waals surface area contributed by atoms with Gasteiger partial charge in [-0.3, -0.25) is 5.10 Å². The van der Waals surface area contributed by atoms with Crippen molar-refractivity contribution in [1.82, 2.24) is 20.8 Å². The number of hydrogen-bond acceptors (Lipinski definition) is 3. The Morgan fingerprint density at radius 3 is 2.72 bits per heavy atom. The first kappa shape index (κ1) is 14.0. The fourth-order valence-electron chi connectivity index (χ4n) is 1.52. The van der Waals surface area contributed by atoms with Gasteiger partial charge in [0.25, 0.3) is 0 Å². The molecule has 0 aliphatic heterocycles. The molecule has 18 heavy (non-hydrogen) atoms. The number of hydrogen-bond donors (Lipinski definition) is 4. The molecule has 0 aliphatic rings. The summed E-state index contributed by atoms with van der Waals surface area (Å²) in [6, 6.07) is -1.59. The summed E-state index contributed by atoms with van der Waals surface area (Å²) in [5.74, 6) is -1.03. The molecule has 7 heteroatoms. The van der Waals surface area contributed by atoms with Crippen molar-refractivity contribution in [1.29, 1.82) is 0 Å². The molecule has 4 N–H and O–H groups in total. The van der Waals surface area contributed by atoms with Gasteiger partial charge in [0.05, 0.1) is 12.2 Å². The lowest BCUT2D eigenvalue weighted by molar-refractivity contribution is -0.139. The number of aliphatic carboxylic acids is 1. The van der Waals surface area contributed by atoms with Crippen LogP contribution in [0.3, 0.4) is 0 Å². The molecule has 0 aromatic carbocycles. The number of H-pyrrole nitrogens is 1. The summed E-state index contributed by atoms with van der Waals surface area (Å²) in [5.41, 5.74) is 0.826. The van der Waals surface area contributed by atoms with Crippen LogP contribution in [0.15, 0.2) is 12.4 Å². The van der Waals surface area contributed by atoms with Crippen molar-refractivity contribution in [3.8, 4) is 0 Å². The Balaban J connectivity index is 2.47. The Morgan fingerprint density at radius 1 is 1.50 bits per heavy atom. The molecule has 1 aromatic rings. The first-order valence-corrected chi connectivity index (χ1v) is 5.83. The highest BCUT2D eigenvalue weighted by molar-refractivity contribution is 5.82. The second-order valence-corrected chi connectivity index (χ2v) is 4.05. The van der Waals surface area contributed by atoms with Crippen LogP contribution >= 0.6 is 0 Å². The van der Waals surface area contributed by atoms with Gasteiger partial charge in [0, 0.05) is 11.8 Å². The first-order chi connectivity index (χ1) is 8.54. The smallest absolute Gasteiger partial charge is 0.326 e. The number of rotatable bonds is 6. The lowest BCUT2D eigenvalue weighted by Crippen LogP contribution is -2.46. The summed E-state index contributed by atoms with van der Waals surface area (Å²) in [4.78, 5) is 22.5. The third-order valence-electron chi connectivity index (χ3n) is 2.55. The predicted molar refractivity (Wildman–Crippen MR) is 65.0 cm³/mol. The minimum atomic E-state index is -1.03. The van der Waals surface area contributed by atoms with E-state index in [0.29, 0.717) is 12.8 Å². The summed E-state index contributed by atoms with van der Waals surface area (Å²) in [6.45, 7) is 3.66. The fraction of sp³-hybridized carbons (Fsp3) is 0.545. The SMILES string of the molecule is CCC[C@@H](NC(=O)NC(C)c1cn[nH]c1)C(=O)O. The molecule has 0 fully saturated rings. The van der Waals surface area contributed by atoms with E-state index >= 15 is 0 Å². The molecule has 0 saturated carbocycles. The molecule has 0 spiro atoms. The predicted octanol–water partition coefficient (Wildman–Crippen LogP) is 1.02. The van der Waals surface area contributed by atoms with Gasteiger partial charge >= 0.3 is 12.0 Å². The van der Waals surface area contributed by atoms with E-state index in [1.54, 1.807) is 19.3 Å². The molecule has 2 atom stereocenters. The van der Waals surface area contributed by atoms with Crippen molar-refractivity contribution in [3.63, 3.8) is 0 Å². The van der Waals surface area contributed by atoms with Gasteiger partial charge < -0.3 is 15.7 Å². The zero-order chi connectivity index (χ0) is 13.5. The van der Waals surface area contributed by atoms with E-state index in [0.717, 1.165) is 5.56 Å². The lowest BCUT2D eigenvalue weighted by atomic mass is 10.1. The van der Waals surface area contributed by atoms with Crippen LogP contribution in [0.5, 0.6) is 0 Å². The number of nitrogens with zero attached hydrogens (tertiary/aromatic N) is 1. The summed E-state index contributed by atoms with van der Waals surface area (Å²) < 4.78 is 0. The molecule has 0 bridgehead atoms. The molecular weight excluding hydrogens is 236 g/mol. The highest BCUT2D eigenvalue weighted by Gasteiger charge is 2.19. The molecule has 100 valence electrons. The molecule has 1 aromatic heterocycles. The van der Waals surface area contributed by atoms with Crippen molar-refractivity contribution in [2.75, 3.05) is 0 Å². The van der Waals surface area contributed by atoms with E-state index in [1.807, 2.05) is 6.92 Å². The van der Waals surface area contributed by atoms with Crippen molar-refractivity contribution in [3.05, 3.63) is 18.0 Å². The van der Waals surface area contributed by atoms with Gasteiger partial charge in [-0.15, -0.1) is 0 Å². The van der Waals surface area contributed by atoms with Gasteiger partial charge in [0.1, 0.15) is 6.04 Å². The zero-order valence-electron chi connectivity index (χ0n) is 10.4. The molecule has 0 aliphatic carbocycles. The quantitative estimate of drug-likeness (QED) is 0.608. The Kier molecular flexibility index (Phi) is 5.16. The Morgan fingerprint density at radius 2 is 2.22 bits per heavy atom.